The second-order valence-corrected chi connectivity index (χ2v) is 9.22. The predicted molar refractivity (Wildman–Crippen MR) is 105 cm³/mol. The van der Waals surface area contributed by atoms with Crippen molar-refractivity contribution in [3.05, 3.63) is 12.2 Å². The minimum atomic E-state index is -1.52. The summed E-state index contributed by atoms with van der Waals surface area (Å²) in [5.74, 6) is 3.56. The highest BCUT2D eigenvalue weighted by Crippen LogP contribution is 2.43. The molecule has 3 rings (SSSR count). The van der Waals surface area contributed by atoms with Crippen LogP contribution < -0.4 is 0 Å². The van der Waals surface area contributed by atoms with Gasteiger partial charge in [-0.2, -0.15) is 8.78 Å². The number of hydrogen-bond acceptors (Lipinski definition) is 2. The molecule has 0 bridgehead atoms. The van der Waals surface area contributed by atoms with E-state index in [0.29, 0.717) is 24.2 Å². The Balaban J connectivity index is 1.32. The Hall–Kier alpha value is -0.480. The smallest absolute Gasteiger partial charge is 0.266 e. The summed E-state index contributed by atoms with van der Waals surface area (Å²) in [4.78, 5) is 0. The quantitative estimate of drug-likeness (QED) is 0.473. The lowest BCUT2D eigenvalue weighted by atomic mass is 9.68. The lowest BCUT2D eigenvalue weighted by molar-refractivity contribution is -0.230. The van der Waals surface area contributed by atoms with E-state index in [2.05, 4.69) is 6.92 Å². The normalized spacial score (nSPS) is 37.7. The van der Waals surface area contributed by atoms with Gasteiger partial charge in [-0.1, -0.05) is 26.2 Å². The fraction of sp³-hybridized carbons (Fsp3) is 0.913. The SMILES string of the molecule is CCCC1COC(C2CCC(C3CCC(CCC=C(F)F)CC3)CC2)OC1. The largest absolute Gasteiger partial charge is 0.352 e. The van der Waals surface area contributed by atoms with E-state index < -0.39 is 6.08 Å². The Kier molecular flexibility index (Phi) is 8.57. The van der Waals surface area contributed by atoms with Gasteiger partial charge < -0.3 is 9.47 Å². The fourth-order valence-electron chi connectivity index (χ4n) is 5.67. The van der Waals surface area contributed by atoms with Crippen LogP contribution in [0, 0.1) is 29.6 Å². The van der Waals surface area contributed by atoms with Crippen LogP contribution in [0.4, 0.5) is 8.78 Å². The van der Waals surface area contributed by atoms with Crippen molar-refractivity contribution in [2.24, 2.45) is 29.6 Å². The molecule has 27 heavy (non-hydrogen) atoms. The third-order valence-electron chi connectivity index (χ3n) is 7.32. The van der Waals surface area contributed by atoms with Gasteiger partial charge in [0, 0.05) is 11.8 Å². The number of ether oxygens (including phenoxy) is 2. The van der Waals surface area contributed by atoms with Crippen molar-refractivity contribution in [2.45, 2.75) is 90.3 Å². The first-order valence-electron chi connectivity index (χ1n) is 11.4. The van der Waals surface area contributed by atoms with Gasteiger partial charge in [-0.25, -0.2) is 0 Å². The molecule has 3 aliphatic rings. The van der Waals surface area contributed by atoms with Crippen molar-refractivity contribution in [3.8, 4) is 0 Å². The van der Waals surface area contributed by atoms with E-state index in [-0.39, 0.29) is 6.29 Å². The Morgan fingerprint density at radius 1 is 0.778 bits per heavy atom. The second kappa shape index (κ2) is 10.9. The Morgan fingerprint density at radius 2 is 1.33 bits per heavy atom. The van der Waals surface area contributed by atoms with Gasteiger partial charge in [0.1, 0.15) is 0 Å². The maximum atomic E-state index is 12.2. The number of hydrogen-bond donors (Lipinski definition) is 0. The summed E-state index contributed by atoms with van der Waals surface area (Å²) in [6.07, 6.45) is 13.7. The van der Waals surface area contributed by atoms with Gasteiger partial charge in [-0.05, 0) is 81.6 Å². The molecule has 1 aliphatic heterocycles. The van der Waals surface area contributed by atoms with Crippen molar-refractivity contribution in [1.82, 2.24) is 0 Å². The topological polar surface area (TPSA) is 18.5 Å². The molecular formula is C23H38F2O2. The highest BCUT2D eigenvalue weighted by molar-refractivity contribution is 4.85. The number of rotatable bonds is 7. The molecule has 1 heterocycles. The van der Waals surface area contributed by atoms with E-state index >= 15 is 0 Å². The third kappa shape index (κ3) is 6.52. The summed E-state index contributed by atoms with van der Waals surface area (Å²) in [6, 6.07) is 0. The van der Waals surface area contributed by atoms with Gasteiger partial charge in [0.15, 0.2) is 6.29 Å². The van der Waals surface area contributed by atoms with Crippen LogP contribution in [0.1, 0.15) is 84.0 Å². The molecule has 0 amide bonds. The molecule has 0 unspecified atom stereocenters. The van der Waals surface area contributed by atoms with Crippen LogP contribution in [0.15, 0.2) is 12.2 Å². The summed E-state index contributed by atoms with van der Waals surface area (Å²) < 4.78 is 36.4. The van der Waals surface area contributed by atoms with Crippen molar-refractivity contribution in [1.29, 1.82) is 0 Å². The zero-order valence-corrected chi connectivity index (χ0v) is 17.0. The molecule has 3 fully saturated rings. The van der Waals surface area contributed by atoms with Crippen LogP contribution in [-0.4, -0.2) is 19.5 Å². The van der Waals surface area contributed by atoms with E-state index in [0.717, 1.165) is 37.5 Å². The van der Waals surface area contributed by atoms with Gasteiger partial charge in [0.2, 0.25) is 0 Å². The Bertz CT molecular complexity index is 439. The highest BCUT2D eigenvalue weighted by Gasteiger charge is 2.35. The van der Waals surface area contributed by atoms with Crippen molar-refractivity contribution in [2.75, 3.05) is 13.2 Å². The van der Waals surface area contributed by atoms with Gasteiger partial charge in [-0.3, -0.25) is 0 Å². The highest BCUT2D eigenvalue weighted by atomic mass is 19.3. The molecule has 0 N–H and O–H groups in total. The first kappa shape index (κ1) is 21.2. The average molecular weight is 385 g/mol. The second-order valence-electron chi connectivity index (χ2n) is 9.22. The monoisotopic (exact) mass is 384 g/mol. The summed E-state index contributed by atoms with van der Waals surface area (Å²) >= 11 is 0. The first-order chi connectivity index (χ1) is 13.2. The van der Waals surface area contributed by atoms with Crippen molar-refractivity contribution in [3.63, 3.8) is 0 Å². The summed E-state index contributed by atoms with van der Waals surface area (Å²) in [5, 5.41) is 0. The van der Waals surface area contributed by atoms with Crippen molar-refractivity contribution < 1.29 is 18.3 Å². The molecule has 0 aromatic heterocycles. The van der Waals surface area contributed by atoms with Crippen LogP contribution in [0.3, 0.4) is 0 Å². The van der Waals surface area contributed by atoms with Gasteiger partial charge in [-0.15, -0.1) is 0 Å². The number of halogens is 2. The Morgan fingerprint density at radius 3 is 1.89 bits per heavy atom. The summed E-state index contributed by atoms with van der Waals surface area (Å²) in [6.45, 7) is 3.98. The van der Waals surface area contributed by atoms with Gasteiger partial charge >= 0.3 is 0 Å². The van der Waals surface area contributed by atoms with Gasteiger partial charge in [0.25, 0.3) is 6.08 Å². The minimum Gasteiger partial charge on any atom is -0.352 e. The van der Waals surface area contributed by atoms with Crippen LogP contribution in [0.5, 0.6) is 0 Å². The van der Waals surface area contributed by atoms with Crippen LogP contribution in [0.2, 0.25) is 0 Å². The Labute approximate surface area is 164 Å². The summed E-state index contributed by atoms with van der Waals surface area (Å²) in [7, 11) is 0. The molecule has 2 nitrogen and oxygen atoms in total. The zero-order valence-electron chi connectivity index (χ0n) is 17.0. The molecule has 2 saturated carbocycles. The molecule has 156 valence electrons. The first-order valence-corrected chi connectivity index (χ1v) is 11.4. The van der Waals surface area contributed by atoms with E-state index in [4.69, 9.17) is 9.47 Å². The molecule has 2 aliphatic carbocycles. The molecule has 0 radical (unpaired) electrons. The van der Waals surface area contributed by atoms with Crippen LogP contribution in [0.25, 0.3) is 0 Å². The molecule has 1 saturated heterocycles. The molecule has 0 aromatic carbocycles. The average Bonchev–Trinajstić information content (AvgIpc) is 2.69. The number of allylic oxidation sites excluding steroid dienone is 1. The molecule has 0 atom stereocenters. The fourth-order valence-corrected chi connectivity index (χ4v) is 5.67. The van der Waals surface area contributed by atoms with Crippen molar-refractivity contribution >= 4 is 0 Å². The lowest BCUT2D eigenvalue weighted by Gasteiger charge is -2.41. The molecule has 0 aromatic rings. The summed E-state index contributed by atoms with van der Waals surface area (Å²) in [5.41, 5.74) is 0. The minimum absolute atomic E-state index is 0.0405. The van der Waals surface area contributed by atoms with E-state index in [1.54, 1.807) is 0 Å². The van der Waals surface area contributed by atoms with Gasteiger partial charge in [0.05, 0.1) is 13.2 Å². The molecule has 0 spiro atoms. The zero-order chi connectivity index (χ0) is 19.1. The molecule has 4 heteroatoms. The third-order valence-corrected chi connectivity index (χ3v) is 7.32. The van der Waals surface area contributed by atoms with Crippen LogP contribution in [-0.2, 0) is 9.47 Å². The maximum absolute atomic E-state index is 12.2. The van der Waals surface area contributed by atoms with E-state index in [1.807, 2.05) is 0 Å². The predicted octanol–water partition coefficient (Wildman–Crippen LogP) is 6.95. The van der Waals surface area contributed by atoms with E-state index in [9.17, 15) is 8.78 Å². The van der Waals surface area contributed by atoms with Crippen LogP contribution >= 0.6 is 0 Å². The molecular weight excluding hydrogens is 346 g/mol. The lowest BCUT2D eigenvalue weighted by Crippen LogP contribution is -2.39. The maximum Gasteiger partial charge on any atom is 0.266 e. The standard InChI is InChI=1S/C23H38F2O2/c1-2-4-18-15-26-23(27-16-18)21-13-11-20(12-14-21)19-9-7-17(8-10-19)5-3-6-22(24)25/h6,17-21,23H,2-5,7-16H2,1H3. The van der Waals surface area contributed by atoms with E-state index in [1.165, 1.54) is 64.2 Å².